The van der Waals surface area contributed by atoms with Crippen molar-refractivity contribution in [2.75, 3.05) is 11.6 Å². The quantitative estimate of drug-likeness (QED) is 0.675. The van der Waals surface area contributed by atoms with Crippen molar-refractivity contribution in [3.8, 4) is 6.07 Å². The molecule has 0 aromatic heterocycles. The topological polar surface area (TPSA) is 79.0 Å². The van der Waals surface area contributed by atoms with Crippen LogP contribution in [0.1, 0.15) is 24.8 Å². The van der Waals surface area contributed by atoms with Gasteiger partial charge in [-0.05, 0) is 37.7 Å². The zero-order chi connectivity index (χ0) is 13.8. The van der Waals surface area contributed by atoms with Crippen LogP contribution in [0.2, 0.25) is 0 Å². The van der Waals surface area contributed by atoms with E-state index in [4.69, 9.17) is 5.26 Å². The molecule has 19 heavy (non-hydrogen) atoms. The second-order valence-electron chi connectivity index (χ2n) is 4.61. The summed E-state index contributed by atoms with van der Waals surface area (Å²) in [6.07, 6.45) is 5.51. The predicted molar refractivity (Wildman–Crippen MR) is 76.4 cm³/mol. The van der Waals surface area contributed by atoms with Crippen molar-refractivity contribution in [2.24, 2.45) is 0 Å². The van der Waals surface area contributed by atoms with Crippen molar-refractivity contribution in [2.45, 2.75) is 30.6 Å². The van der Waals surface area contributed by atoms with Crippen LogP contribution in [0, 0.1) is 21.4 Å². The van der Waals surface area contributed by atoms with Crippen molar-refractivity contribution < 1.29 is 4.92 Å². The van der Waals surface area contributed by atoms with Gasteiger partial charge in [0.25, 0.3) is 5.69 Å². The summed E-state index contributed by atoms with van der Waals surface area (Å²) in [7, 11) is 0. The van der Waals surface area contributed by atoms with E-state index >= 15 is 0 Å². The standard InChI is InChI=1S/C13H15N3O2S/c1-19-12-4-2-11(7-12)15-10-3-5-13(16(17)18)9(6-10)8-14/h3,5-6,11-12,15H,2,4,7H2,1H3/t11-,12+/m1/s1. The van der Waals surface area contributed by atoms with E-state index in [2.05, 4.69) is 11.6 Å². The molecule has 1 fully saturated rings. The minimum Gasteiger partial charge on any atom is -0.382 e. The van der Waals surface area contributed by atoms with E-state index in [0.29, 0.717) is 11.3 Å². The highest BCUT2D eigenvalue weighted by Crippen LogP contribution is 2.31. The third-order valence-corrected chi connectivity index (χ3v) is 4.50. The number of nitrogens with zero attached hydrogens (tertiary/aromatic N) is 2. The van der Waals surface area contributed by atoms with Gasteiger partial charge in [-0.1, -0.05) is 0 Å². The van der Waals surface area contributed by atoms with E-state index in [1.54, 1.807) is 12.1 Å². The van der Waals surface area contributed by atoms with Crippen LogP contribution in [0.3, 0.4) is 0 Å². The molecule has 2 atom stereocenters. The molecule has 2 rings (SSSR count). The lowest BCUT2D eigenvalue weighted by molar-refractivity contribution is -0.385. The van der Waals surface area contributed by atoms with Gasteiger partial charge >= 0.3 is 0 Å². The molecular weight excluding hydrogens is 262 g/mol. The summed E-state index contributed by atoms with van der Waals surface area (Å²) in [5.74, 6) is 0. The highest BCUT2D eigenvalue weighted by molar-refractivity contribution is 7.99. The molecule has 0 radical (unpaired) electrons. The molecule has 0 bridgehead atoms. The molecule has 0 saturated heterocycles. The number of benzene rings is 1. The summed E-state index contributed by atoms with van der Waals surface area (Å²) in [6.45, 7) is 0. The Hall–Kier alpha value is -1.74. The Morgan fingerprint density at radius 2 is 2.32 bits per heavy atom. The molecule has 100 valence electrons. The summed E-state index contributed by atoms with van der Waals surface area (Å²) in [6, 6.07) is 6.89. The van der Waals surface area contributed by atoms with Crippen molar-refractivity contribution in [1.29, 1.82) is 5.26 Å². The maximum absolute atomic E-state index is 10.7. The minimum absolute atomic E-state index is 0.106. The van der Waals surface area contributed by atoms with Crippen molar-refractivity contribution in [3.63, 3.8) is 0 Å². The molecular formula is C13H15N3O2S. The Morgan fingerprint density at radius 1 is 1.53 bits per heavy atom. The second-order valence-corrected chi connectivity index (χ2v) is 5.75. The first kappa shape index (κ1) is 13.7. The van der Waals surface area contributed by atoms with E-state index in [1.807, 2.05) is 17.8 Å². The lowest BCUT2D eigenvalue weighted by Gasteiger charge is -2.14. The van der Waals surface area contributed by atoms with Crippen LogP contribution in [0.5, 0.6) is 0 Å². The summed E-state index contributed by atoms with van der Waals surface area (Å²) in [5, 5.41) is 23.7. The van der Waals surface area contributed by atoms with Crippen LogP contribution in [0.25, 0.3) is 0 Å². The third-order valence-electron chi connectivity index (χ3n) is 3.40. The van der Waals surface area contributed by atoms with Gasteiger partial charge in [0.15, 0.2) is 0 Å². The molecule has 1 saturated carbocycles. The number of nitrogens with one attached hydrogen (secondary N) is 1. The number of hydrogen-bond acceptors (Lipinski definition) is 5. The molecule has 0 aliphatic heterocycles. The van der Waals surface area contributed by atoms with Gasteiger partial charge < -0.3 is 5.32 Å². The number of anilines is 1. The highest BCUT2D eigenvalue weighted by Gasteiger charge is 2.24. The van der Waals surface area contributed by atoms with Gasteiger partial charge in [0, 0.05) is 23.0 Å². The molecule has 6 heteroatoms. The van der Waals surface area contributed by atoms with E-state index in [0.717, 1.165) is 18.5 Å². The van der Waals surface area contributed by atoms with Gasteiger partial charge in [-0.3, -0.25) is 10.1 Å². The maximum Gasteiger partial charge on any atom is 0.287 e. The molecule has 1 aromatic rings. The van der Waals surface area contributed by atoms with E-state index < -0.39 is 4.92 Å². The zero-order valence-corrected chi connectivity index (χ0v) is 11.4. The van der Waals surface area contributed by atoms with Crippen LogP contribution >= 0.6 is 11.8 Å². The molecule has 5 nitrogen and oxygen atoms in total. The molecule has 1 aliphatic carbocycles. The van der Waals surface area contributed by atoms with Crippen LogP contribution < -0.4 is 5.32 Å². The average Bonchev–Trinajstić information content (AvgIpc) is 2.86. The summed E-state index contributed by atoms with van der Waals surface area (Å²) < 4.78 is 0. The van der Waals surface area contributed by atoms with Crippen LogP contribution in [-0.4, -0.2) is 22.5 Å². The fourth-order valence-electron chi connectivity index (χ4n) is 2.40. The number of nitro benzene ring substituents is 1. The Balaban J connectivity index is 2.10. The molecule has 1 N–H and O–H groups in total. The fraction of sp³-hybridized carbons (Fsp3) is 0.462. The summed E-state index contributed by atoms with van der Waals surface area (Å²) >= 11 is 1.88. The second kappa shape index (κ2) is 5.93. The van der Waals surface area contributed by atoms with Crippen molar-refractivity contribution in [1.82, 2.24) is 0 Å². The third kappa shape index (κ3) is 3.18. The molecule has 1 aliphatic rings. The molecule has 1 aromatic carbocycles. The van der Waals surface area contributed by atoms with Gasteiger partial charge in [0.2, 0.25) is 0 Å². The highest BCUT2D eigenvalue weighted by atomic mass is 32.2. The number of nitro groups is 1. The molecule has 0 unspecified atom stereocenters. The van der Waals surface area contributed by atoms with E-state index in [9.17, 15) is 10.1 Å². The first-order chi connectivity index (χ1) is 9.13. The number of nitriles is 1. The van der Waals surface area contributed by atoms with Crippen molar-refractivity contribution >= 4 is 23.1 Å². The Bertz CT molecular complexity index is 527. The van der Waals surface area contributed by atoms with E-state index in [1.165, 1.54) is 12.5 Å². The van der Waals surface area contributed by atoms with Crippen LogP contribution in [-0.2, 0) is 0 Å². The SMILES string of the molecule is CS[C@H]1CC[C@@H](Nc2ccc([N+](=O)[O-])c(C#N)c2)C1. The Morgan fingerprint density at radius 3 is 2.89 bits per heavy atom. The molecule has 0 heterocycles. The van der Waals surface area contributed by atoms with Gasteiger partial charge in [0.1, 0.15) is 11.6 Å². The number of thioether (sulfide) groups is 1. The Kier molecular flexibility index (Phi) is 4.27. The smallest absolute Gasteiger partial charge is 0.287 e. The van der Waals surface area contributed by atoms with Gasteiger partial charge in [-0.2, -0.15) is 17.0 Å². The molecule has 0 amide bonds. The predicted octanol–water partition coefficient (Wildman–Crippen LogP) is 3.16. The molecule has 0 spiro atoms. The normalized spacial score (nSPS) is 21.9. The Labute approximate surface area is 116 Å². The van der Waals surface area contributed by atoms with Gasteiger partial charge in [-0.25, -0.2) is 0 Å². The van der Waals surface area contributed by atoms with Crippen LogP contribution in [0.4, 0.5) is 11.4 Å². The monoisotopic (exact) mass is 277 g/mol. The number of hydrogen-bond donors (Lipinski definition) is 1. The first-order valence-corrected chi connectivity index (χ1v) is 7.40. The van der Waals surface area contributed by atoms with E-state index in [-0.39, 0.29) is 11.3 Å². The summed E-state index contributed by atoms with van der Waals surface area (Å²) in [4.78, 5) is 10.2. The van der Waals surface area contributed by atoms with Crippen molar-refractivity contribution in [3.05, 3.63) is 33.9 Å². The van der Waals surface area contributed by atoms with Gasteiger partial charge in [0.05, 0.1) is 4.92 Å². The van der Waals surface area contributed by atoms with Gasteiger partial charge in [-0.15, -0.1) is 0 Å². The number of rotatable bonds is 4. The lowest BCUT2D eigenvalue weighted by Crippen LogP contribution is -2.16. The fourth-order valence-corrected chi connectivity index (χ4v) is 3.19. The van der Waals surface area contributed by atoms with Crippen LogP contribution in [0.15, 0.2) is 18.2 Å². The first-order valence-electron chi connectivity index (χ1n) is 6.12. The zero-order valence-electron chi connectivity index (χ0n) is 10.6. The minimum atomic E-state index is -0.526. The largest absolute Gasteiger partial charge is 0.382 e. The lowest BCUT2D eigenvalue weighted by atomic mass is 10.1. The summed E-state index contributed by atoms with van der Waals surface area (Å²) in [5.41, 5.74) is 0.754. The average molecular weight is 277 g/mol. The maximum atomic E-state index is 10.7.